The first-order valence-electron chi connectivity index (χ1n) is 20.1. The SMILES string of the molecule is COc1ccc(C[C@@H](NC(=O)[C@H](CC2CCCCC2)NC(=O)[C@H](CO)NC(=O)[C@H](CC(C)C)NC(=O)Cc2ccc(NC(=O)Nc3ccccc3C)cc2)C(=O)O)cc1. The molecule has 318 valence electrons. The van der Waals surface area contributed by atoms with Gasteiger partial charge >= 0.3 is 12.0 Å². The number of anilines is 2. The number of para-hydroxylation sites is 1. The number of ether oxygens (including phenoxy) is 1. The molecule has 1 saturated carbocycles. The number of aryl methyl sites for hydroxylation is 1. The number of methoxy groups -OCH3 is 1. The van der Waals surface area contributed by atoms with E-state index >= 15 is 0 Å². The van der Waals surface area contributed by atoms with Crippen molar-refractivity contribution < 1.29 is 43.7 Å². The number of carboxylic acid groups (broad SMARTS) is 1. The van der Waals surface area contributed by atoms with E-state index in [1.54, 1.807) is 54.6 Å². The van der Waals surface area contributed by atoms with Crippen LogP contribution >= 0.6 is 0 Å². The van der Waals surface area contributed by atoms with Crippen molar-refractivity contribution in [1.82, 2.24) is 21.3 Å². The number of aliphatic hydroxyl groups is 1. The molecule has 0 spiro atoms. The van der Waals surface area contributed by atoms with Crippen LogP contribution in [0.3, 0.4) is 0 Å². The van der Waals surface area contributed by atoms with Gasteiger partial charge in [-0.1, -0.05) is 88.4 Å². The summed E-state index contributed by atoms with van der Waals surface area (Å²) in [6, 6.07) is 15.5. The molecule has 0 unspecified atom stereocenters. The summed E-state index contributed by atoms with van der Waals surface area (Å²) in [5.41, 5.74) is 3.39. The Morgan fingerprint density at radius 3 is 1.92 bits per heavy atom. The lowest BCUT2D eigenvalue weighted by Gasteiger charge is -2.29. The summed E-state index contributed by atoms with van der Waals surface area (Å²) in [5, 5.41) is 36.3. The number of aliphatic hydroxyl groups excluding tert-OH is 1. The van der Waals surface area contributed by atoms with Crippen LogP contribution < -0.4 is 36.6 Å². The maximum atomic E-state index is 13.7. The number of rotatable bonds is 20. The molecule has 4 rings (SSSR count). The highest BCUT2D eigenvalue weighted by Crippen LogP contribution is 2.27. The number of carbonyl (C=O) groups is 6. The third-order valence-electron chi connectivity index (χ3n) is 10.3. The van der Waals surface area contributed by atoms with Crippen LogP contribution in [-0.2, 0) is 36.8 Å². The highest BCUT2D eigenvalue weighted by molar-refractivity contribution is 6.00. The van der Waals surface area contributed by atoms with Crippen molar-refractivity contribution in [2.24, 2.45) is 11.8 Å². The number of carboxylic acids is 1. The second-order valence-electron chi connectivity index (χ2n) is 15.5. The molecule has 0 radical (unpaired) electrons. The van der Waals surface area contributed by atoms with E-state index in [0.717, 1.165) is 37.7 Å². The zero-order valence-electron chi connectivity index (χ0n) is 34.2. The molecule has 3 aromatic rings. The molecular weight excluding hydrogens is 757 g/mol. The summed E-state index contributed by atoms with van der Waals surface area (Å²) in [4.78, 5) is 78.9. The van der Waals surface area contributed by atoms with Gasteiger partial charge in [-0.3, -0.25) is 19.2 Å². The fourth-order valence-corrected chi connectivity index (χ4v) is 7.03. The second kappa shape index (κ2) is 22.8. The Labute approximate surface area is 345 Å². The minimum absolute atomic E-state index is 0.0103. The number of nitrogens with one attached hydrogen (secondary N) is 6. The van der Waals surface area contributed by atoms with Gasteiger partial charge in [-0.2, -0.15) is 0 Å². The quantitative estimate of drug-likeness (QED) is 0.0805. The van der Waals surface area contributed by atoms with Gasteiger partial charge < -0.3 is 46.9 Å². The van der Waals surface area contributed by atoms with Gasteiger partial charge in [0, 0.05) is 17.8 Å². The Balaban J connectivity index is 1.37. The van der Waals surface area contributed by atoms with Crippen molar-refractivity contribution in [3.05, 3.63) is 89.5 Å². The molecule has 1 fully saturated rings. The Morgan fingerprint density at radius 1 is 0.712 bits per heavy atom. The van der Waals surface area contributed by atoms with E-state index in [1.165, 1.54) is 7.11 Å². The van der Waals surface area contributed by atoms with Crippen LogP contribution in [0, 0.1) is 18.8 Å². The molecule has 59 heavy (non-hydrogen) atoms. The fraction of sp³-hybridized carbons (Fsp3) is 0.455. The Bertz CT molecular complexity index is 1880. The number of benzene rings is 3. The van der Waals surface area contributed by atoms with Crippen molar-refractivity contribution in [3.63, 3.8) is 0 Å². The van der Waals surface area contributed by atoms with Crippen LogP contribution in [0.1, 0.15) is 75.5 Å². The molecule has 0 bridgehead atoms. The first-order valence-corrected chi connectivity index (χ1v) is 20.1. The largest absolute Gasteiger partial charge is 0.497 e. The summed E-state index contributed by atoms with van der Waals surface area (Å²) in [6.45, 7) is 4.83. The van der Waals surface area contributed by atoms with E-state index in [-0.39, 0.29) is 37.5 Å². The van der Waals surface area contributed by atoms with Crippen LogP contribution in [0.4, 0.5) is 16.2 Å². The molecule has 0 saturated heterocycles. The van der Waals surface area contributed by atoms with E-state index in [0.29, 0.717) is 28.3 Å². The lowest BCUT2D eigenvalue weighted by molar-refractivity contribution is -0.142. The Kier molecular flexibility index (Phi) is 17.7. The average molecular weight is 815 g/mol. The van der Waals surface area contributed by atoms with Gasteiger partial charge in [0.1, 0.15) is 29.9 Å². The monoisotopic (exact) mass is 814 g/mol. The molecule has 0 aliphatic heterocycles. The van der Waals surface area contributed by atoms with E-state index in [9.17, 15) is 39.0 Å². The van der Waals surface area contributed by atoms with Crippen LogP contribution in [0.15, 0.2) is 72.8 Å². The zero-order valence-corrected chi connectivity index (χ0v) is 34.2. The molecule has 8 N–H and O–H groups in total. The average Bonchev–Trinajstić information content (AvgIpc) is 3.21. The van der Waals surface area contributed by atoms with Crippen LogP contribution in [0.25, 0.3) is 0 Å². The van der Waals surface area contributed by atoms with Crippen LogP contribution in [-0.4, -0.2) is 83.7 Å². The van der Waals surface area contributed by atoms with Gasteiger partial charge in [-0.15, -0.1) is 0 Å². The molecule has 0 heterocycles. The topological polar surface area (TPSA) is 224 Å². The molecule has 1 aliphatic carbocycles. The summed E-state index contributed by atoms with van der Waals surface area (Å²) in [7, 11) is 1.52. The van der Waals surface area contributed by atoms with Crippen molar-refractivity contribution >= 4 is 47.0 Å². The highest BCUT2D eigenvalue weighted by atomic mass is 16.5. The van der Waals surface area contributed by atoms with Crippen molar-refractivity contribution in [3.8, 4) is 5.75 Å². The third kappa shape index (κ3) is 15.1. The molecule has 4 atom stereocenters. The smallest absolute Gasteiger partial charge is 0.326 e. The standard InChI is InChI=1S/C44H58N6O9/c1-27(2)22-35(46-39(52)25-31-14-18-32(19-15-31)45-44(58)50-34-13-9-8-10-28(34)3)40(53)49-38(26-51)42(55)47-36(23-29-11-6-5-7-12-29)41(54)48-37(43(56)57)24-30-16-20-33(59-4)21-17-30/h8-10,13-21,27,29,35-38,51H,5-7,11-12,22-26H2,1-4H3,(H,46,52)(H,47,55)(H,48,54)(H,49,53)(H,56,57)(H2,45,50,58)/t35-,36-,37+,38-/m0/s1. The molecule has 0 aromatic heterocycles. The van der Waals surface area contributed by atoms with Gasteiger partial charge in [-0.05, 0) is 78.6 Å². The van der Waals surface area contributed by atoms with E-state index in [1.807, 2.05) is 39.0 Å². The molecule has 1 aliphatic rings. The number of urea groups is 1. The van der Waals surface area contributed by atoms with Crippen molar-refractivity contribution in [2.75, 3.05) is 24.4 Å². The number of amides is 6. The molecule has 15 nitrogen and oxygen atoms in total. The first-order chi connectivity index (χ1) is 28.2. The van der Waals surface area contributed by atoms with Crippen molar-refractivity contribution in [1.29, 1.82) is 0 Å². The van der Waals surface area contributed by atoms with Gasteiger partial charge in [0.15, 0.2) is 0 Å². The van der Waals surface area contributed by atoms with Gasteiger partial charge in [0.25, 0.3) is 0 Å². The zero-order chi connectivity index (χ0) is 42.9. The normalized spacial score (nSPS) is 14.8. The van der Waals surface area contributed by atoms with Crippen LogP contribution in [0.2, 0.25) is 0 Å². The first kappa shape index (κ1) is 45.7. The summed E-state index contributed by atoms with van der Waals surface area (Å²) < 4.78 is 5.17. The maximum Gasteiger partial charge on any atom is 0.326 e. The van der Waals surface area contributed by atoms with E-state index in [2.05, 4.69) is 31.9 Å². The lowest BCUT2D eigenvalue weighted by atomic mass is 9.84. The lowest BCUT2D eigenvalue weighted by Crippen LogP contribution is -2.59. The predicted molar refractivity (Wildman–Crippen MR) is 224 cm³/mol. The summed E-state index contributed by atoms with van der Waals surface area (Å²) >= 11 is 0. The molecule has 15 heteroatoms. The minimum atomic E-state index is -1.46. The number of aliphatic carboxylic acids is 1. The molecule has 3 aromatic carbocycles. The fourth-order valence-electron chi connectivity index (χ4n) is 7.03. The molecular formula is C44H58N6O9. The minimum Gasteiger partial charge on any atom is -0.497 e. The summed E-state index contributed by atoms with van der Waals surface area (Å²) in [5.74, 6) is -3.24. The van der Waals surface area contributed by atoms with E-state index in [4.69, 9.17) is 4.74 Å². The number of hydrogen-bond acceptors (Lipinski definition) is 8. The van der Waals surface area contributed by atoms with Gasteiger partial charge in [0.05, 0.1) is 20.1 Å². The van der Waals surface area contributed by atoms with Crippen LogP contribution in [0.5, 0.6) is 5.75 Å². The maximum absolute atomic E-state index is 13.7. The van der Waals surface area contributed by atoms with Crippen molar-refractivity contribution in [2.45, 2.75) is 103 Å². The van der Waals surface area contributed by atoms with Gasteiger partial charge in [-0.25, -0.2) is 9.59 Å². The Morgan fingerprint density at radius 2 is 1.31 bits per heavy atom. The molecule has 6 amide bonds. The second-order valence-corrected chi connectivity index (χ2v) is 15.5. The third-order valence-corrected chi connectivity index (χ3v) is 10.3. The predicted octanol–water partition coefficient (Wildman–Crippen LogP) is 4.47. The summed E-state index contributed by atoms with van der Waals surface area (Å²) in [6.07, 6.45) is 5.09. The Hall–Kier alpha value is -5.96. The highest BCUT2D eigenvalue weighted by Gasteiger charge is 2.33. The van der Waals surface area contributed by atoms with E-state index < -0.39 is 66.4 Å². The number of hydrogen-bond donors (Lipinski definition) is 8. The van der Waals surface area contributed by atoms with Gasteiger partial charge in [0.2, 0.25) is 23.6 Å². The number of carbonyl (C=O) groups excluding carboxylic acids is 5.